The van der Waals surface area contributed by atoms with Gasteiger partial charge in [-0.3, -0.25) is 9.59 Å². The van der Waals surface area contributed by atoms with Crippen molar-refractivity contribution in [2.24, 2.45) is 7.05 Å². The second kappa shape index (κ2) is 8.44. The summed E-state index contributed by atoms with van der Waals surface area (Å²) in [4.78, 5) is 29.6. The molecule has 4 aromatic rings. The highest BCUT2D eigenvalue weighted by atomic mass is 16.2. The van der Waals surface area contributed by atoms with Crippen LogP contribution in [-0.2, 0) is 11.8 Å². The van der Waals surface area contributed by atoms with Crippen LogP contribution in [0.15, 0.2) is 72.8 Å². The van der Waals surface area contributed by atoms with Crippen molar-refractivity contribution in [3.05, 3.63) is 83.9 Å². The summed E-state index contributed by atoms with van der Waals surface area (Å²) in [6.45, 7) is 3.58. The first kappa shape index (κ1) is 20.3. The summed E-state index contributed by atoms with van der Waals surface area (Å²) < 4.78 is 2.05. The van der Waals surface area contributed by atoms with Gasteiger partial charge in [0.05, 0.1) is 11.0 Å². The molecule has 156 valence electrons. The Hall–Kier alpha value is -3.93. The molecule has 3 aromatic carbocycles. The molecule has 0 saturated heterocycles. The third-order valence-corrected chi connectivity index (χ3v) is 5.22. The number of rotatable bonds is 5. The third kappa shape index (κ3) is 4.33. The maximum absolute atomic E-state index is 12.5. The summed E-state index contributed by atoms with van der Waals surface area (Å²) in [5.74, 6) is 0.304. The number of amides is 2. The van der Waals surface area contributed by atoms with Gasteiger partial charge in [0.2, 0.25) is 5.91 Å². The Morgan fingerprint density at radius 1 is 0.968 bits per heavy atom. The van der Waals surface area contributed by atoms with Crippen molar-refractivity contribution < 1.29 is 9.59 Å². The Bertz CT molecular complexity index is 1260. The number of carbonyl (C=O) groups excluding carboxylic acids is 2. The van der Waals surface area contributed by atoms with Gasteiger partial charge >= 0.3 is 0 Å². The SMILES string of the molecule is Cc1cccc(C(=O)NC(C)C(=O)Nc2ccc(-c3nc4ccccc4n3C)cc2)c1. The van der Waals surface area contributed by atoms with Crippen LogP contribution in [0.25, 0.3) is 22.4 Å². The summed E-state index contributed by atoms with van der Waals surface area (Å²) in [6, 6.07) is 22.1. The van der Waals surface area contributed by atoms with Crippen molar-refractivity contribution in [1.29, 1.82) is 0 Å². The lowest BCUT2D eigenvalue weighted by Crippen LogP contribution is -2.41. The molecule has 0 radical (unpaired) electrons. The van der Waals surface area contributed by atoms with E-state index in [1.165, 1.54) is 0 Å². The van der Waals surface area contributed by atoms with Gasteiger partial charge in [-0.2, -0.15) is 0 Å². The minimum atomic E-state index is -0.674. The number of para-hydroxylation sites is 2. The molecule has 6 heteroatoms. The van der Waals surface area contributed by atoms with Crippen molar-refractivity contribution in [1.82, 2.24) is 14.9 Å². The minimum Gasteiger partial charge on any atom is -0.341 e. The molecule has 4 rings (SSSR count). The fourth-order valence-corrected chi connectivity index (χ4v) is 3.49. The highest BCUT2D eigenvalue weighted by Crippen LogP contribution is 2.24. The monoisotopic (exact) mass is 412 g/mol. The van der Waals surface area contributed by atoms with Crippen LogP contribution in [0.2, 0.25) is 0 Å². The number of anilines is 1. The van der Waals surface area contributed by atoms with Crippen LogP contribution in [0.4, 0.5) is 5.69 Å². The molecule has 6 nitrogen and oxygen atoms in total. The van der Waals surface area contributed by atoms with Crippen LogP contribution in [-0.4, -0.2) is 27.4 Å². The number of hydrogen-bond donors (Lipinski definition) is 2. The molecule has 0 aliphatic rings. The lowest BCUT2D eigenvalue weighted by molar-refractivity contribution is -0.117. The quantitative estimate of drug-likeness (QED) is 0.513. The van der Waals surface area contributed by atoms with Gasteiger partial charge in [0.25, 0.3) is 5.91 Å². The molecule has 0 aliphatic carbocycles. The molecule has 0 fully saturated rings. The van der Waals surface area contributed by atoms with Crippen molar-refractivity contribution in [2.75, 3.05) is 5.32 Å². The number of benzene rings is 3. The van der Waals surface area contributed by atoms with E-state index in [0.717, 1.165) is 28.0 Å². The minimum absolute atomic E-state index is 0.274. The van der Waals surface area contributed by atoms with Crippen LogP contribution in [0, 0.1) is 6.92 Å². The fraction of sp³-hybridized carbons (Fsp3) is 0.160. The van der Waals surface area contributed by atoms with Gasteiger partial charge in [0.1, 0.15) is 11.9 Å². The zero-order valence-corrected chi connectivity index (χ0v) is 17.7. The first-order valence-electron chi connectivity index (χ1n) is 10.1. The lowest BCUT2D eigenvalue weighted by Gasteiger charge is -2.14. The molecule has 1 heterocycles. The molecule has 0 aliphatic heterocycles. The molecule has 1 atom stereocenters. The smallest absolute Gasteiger partial charge is 0.251 e. The predicted octanol–water partition coefficient (Wildman–Crippen LogP) is 4.31. The van der Waals surface area contributed by atoms with Gasteiger partial charge in [0, 0.05) is 23.9 Å². The molecule has 0 saturated carbocycles. The number of aromatic nitrogens is 2. The molecular formula is C25H24N4O2. The van der Waals surface area contributed by atoms with Crippen LogP contribution in [0.1, 0.15) is 22.8 Å². The highest BCUT2D eigenvalue weighted by molar-refractivity contribution is 6.01. The van der Waals surface area contributed by atoms with Crippen LogP contribution >= 0.6 is 0 Å². The van der Waals surface area contributed by atoms with Crippen molar-refractivity contribution in [3.63, 3.8) is 0 Å². The zero-order valence-electron chi connectivity index (χ0n) is 17.7. The number of imidazole rings is 1. The van der Waals surface area contributed by atoms with Crippen LogP contribution in [0.5, 0.6) is 0 Å². The first-order chi connectivity index (χ1) is 14.9. The van der Waals surface area contributed by atoms with Gasteiger partial charge in [-0.1, -0.05) is 29.8 Å². The summed E-state index contributed by atoms with van der Waals surface area (Å²) in [7, 11) is 1.99. The molecule has 0 spiro atoms. The highest BCUT2D eigenvalue weighted by Gasteiger charge is 2.17. The molecule has 2 amide bonds. The summed E-state index contributed by atoms with van der Waals surface area (Å²) in [5, 5.41) is 5.59. The Morgan fingerprint density at radius 2 is 1.71 bits per heavy atom. The van der Waals surface area contributed by atoms with Gasteiger partial charge in [-0.05, 0) is 62.4 Å². The largest absolute Gasteiger partial charge is 0.341 e. The topological polar surface area (TPSA) is 76.0 Å². The molecule has 0 bridgehead atoms. The van der Waals surface area contributed by atoms with E-state index in [2.05, 4.69) is 10.6 Å². The van der Waals surface area contributed by atoms with E-state index >= 15 is 0 Å². The second-order valence-electron chi connectivity index (χ2n) is 7.61. The van der Waals surface area contributed by atoms with Gasteiger partial charge in [0.15, 0.2) is 0 Å². The van der Waals surface area contributed by atoms with E-state index in [-0.39, 0.29) is 11.8 Å². The Balaban J connectivity index is 1.43. The summed E-state index contributed by atoms with van der Waals surface area (Å²) >= 11 is 0. The molecule has 1 aromatic heterocycles. The molecule has 2 N–H and O–H groups in total. The van der Waals surface area contributed by atoms with Crippen molar-refractivity contribution in [3.8, 4) is 11.4 Å². The average Bonchev–Trinajstić information content (AvgIpc) is 3.11. The summed E-state index contributed by atoms with van der Waals surface area (Å²) in [6.07, 6.45) is 0. The zero-order chi connectivity index (χ0) is 22.0. The fourth-order valence-electron chi connectivity index (χ4n) is 3.49. The maximum atomic E-state index is 12.5. The standard InChI is InChI=1S/C25H24N4O2/c1-16-7-6-8-19(15-16)25(31)26-17(2)24(30)27-20-13-11-18(12-14-20)23-28-21-9-4-5-10-22(21)29(23)3/h4-15,17H,1-3H3,(H,26,31)(H,27,30). The van der Waals surface area contributed by atoms with E-state index in [1.807, 2.05) is 79.2 Å². The number of hydrogen-bond acceptors (Lipinski definition) is 3. The number of fused-ring (bicyclic) bond motifs is 1. The summed E-state index contributed by atoms with van der Waals surface area (Å²) in [5.41, 5.74) is 5.14. The lowest BCUT2D eigenvalue weighted by atomic mass is 10.1. The Kier molecular flexibility index (Phi) is 5.54. The van der Waals surface area contributed by atoms with Crippen molar-refractivity contribution >= 4 is 28.5 Å². The van der Waals surface area contributed by atoms with Crippen LogP contribution in [0.3, 0.4) is 0 Å². The van der Waals surface area contributed by atoms with E-state index < -0.39 is 6.04 Å². The van der Waals surface area contributed by atoms with Crippen molar-refractivity contribution in [2.45, 2.75) is 19.9 Å². The number of aryl methyl sites for hydroxylation is 2. The van der Waals surface area contributed by atoms with Crippen LogP contribution < -0.4 is 10.6 Å². The molecular weight excluding hydrogens is 388 g/mol. The molecule has 31 heavy (non-hydrogen) atoms. The average molecular weight is 412 g/mol. The number of nitrogens with zero attached hydrogens (tertiary/aromatic N) is 2. The second-order valence-corrected chi connectivity index (χ2v) is 7.61. The number of carbonyl (C=O) groups is 2. The Morgan fingerprint density at radius 3 is 2.42 bits per heavy atom. The predicted molar refractivity (Wildman–Crippen MR) is 123 cm³/mol. The molecule has 1 unspecified atom stereocenters. The first-order valence-corrected chi connectivity index (χ1v) is 10.1. The van der Waals surface area contributed by atoms with Gasteiger partial charge < -0.3 is 15.2 Å². The number of nitrogens with one attached hydrogen (secondary N) is 2. The third-order valence-electron chi connectivity index (χ3n) is 5.22. The normalized spacial score (nSPS) is 11.8. The van der Waals surface area contributed by atoms with Gasteiger partial charge in [-0.15, -0.1) is 0 Å². The van der Waals surface area contributed by atoms with E-state index in [9.17, 15) is 9.59 Å². The van der Waals surface area contributed by atoms with E-state index in [4.69, 9.17) is 4.98 Å². The Labute approximate surface area is 180 Å². The van der Waals surface area contributed by atoms with E-state index in [1.54, 1.807) is 19.1 Å². The maximum Gasteiger partial charge on any atom is 0.251 e. The van der Waals surface area contributed by atoms with E-state index in [0.29, 0.717) is 11.3 Å². The van der Waals surface area contributed by atoms with Gasteiger partial charge in [-0.25, -0.2) is 4.98 Å².